The average Bonchev–Trinajstić information content (AvgIpc) is 2.67. The average molecular weight is 349 g/mol. The van der Waals surface area contributed by atoms with Gasteiger partial charge in [0.15, 0.2) is 0 Å². The summed E-state index contributed by atoms with van der Waals surface area (Å²) in [4.78, 5) is 9.30. The highest BCUT2D eigenvalue weighted by atomic mass is 15.3. The quantitative estimate of drug-likeness (QED) is 0.867. The molecule has 5 nitrogen and oxygen atoms in total. The Balaban J connectivity index is 1.41. The molecule has 2 heterocycles. The first kappa shape index (κ1) is 18.2. The molecule has 0 aliphatic carbocycles. The summed E-state index contributed by atoms with van der Waals surface area (Å²) in [6.07, 6.45) is 2.69. The van der Waals surface area contributed by atoms with Crippen molar-refractivity contribution in [3.05, 3.63) is 53.7 Å². The fourth-order valence-electron chi connectivity index (χ4n) is 3.30. The van der Waals surface area contributed by atoms with Crippen LogP contribution in [0.4, 0.5) is 11.5 Å². The van der Waals surface area contributed by atoms with Crippen molar-refractivity contribution in [2.24, 2.45) is 0 Å². The topological polar surface area (TPSA) is 55.2 Å². The Morgan fingerprint density at radius 3 is 2.65 bits per heavy atom. The van der Waals surface area contributed by atoms with E-state index in [2.05, 4.69) is 64.3 Å². The van der Waals surface area contributed by atoms with Gasteiger partial charge in [-0.05, 0) is 50.1 Å². The van der Waals surface area contributed by atoms with E-state index in [4.69, 9.17) is 5.26 Å². The normalized spacial score (nSPS) is 16.1. The van der Waals surface area contributed by atoms with Gasteiger partial charge in [0.2, 0.25) is 0 Å². The van der Waals surface area contributed by atoms with E-state index < -0.39 is 0 Å². The van der Waals surface area contributed by atoms with Gasteiger partial charge in [0.1, 0.15) is 11.9 Å². The standard InChI is InChI=1S/C21H27N5/c1-17-4-3-5-20(14-17)26-12-10-25(11-13-26)9-8-18(2)24-21-7-6-19(15-22)16-23-21/h3-7,14,16,18H,8-13H2,1-2H3,(H,23,24). The number of rotatable bonds is 6. The van der Waals surface area contributed by atoms with Crippen LogP contribution in [0.1, 0.15) is 24.5 Å². The number of hydrogen-bond acceptors (Lipinski definition) is 5. The molecule has 0 saturated carbocycles. The van der Waals surface area contributed by atoms with E-state index in [1.165, 1.54) is 11.3 Å². The van der Waals surface area contributed by atoms with Crippen molar-refractivity contribution >= 4 is 11.5 Å². The van der Waals surface area contributed by atoms with Crippen molar-refractivity contribution in [2.75, 3.05) is 42.9 Å². The number of aromatic nitrogens is 1. The maximum Gasteiger partial charge on any atom is 0.126 e. The molecule has 5 heteroatoms. The Bertz CT molecular complexity index is 742. The van der Waals surface area contributed by atoms with Crippen LogP contribution in [0.25, 0.3) is 0 Å². The molecule has 0 radical (unpaired) electrons. The van der Waals surface area contributed by atoms with Crippen LogP contribution in [-0.4, -0.2) is 48.6 Å². The fourth-order valence-corrected chi connectivity index (χ4v) is 3.30. The Hall–Kier alpha value is -2.58. The van der Waals surface area contributed by atoms with E-state index in [-0.39, 0.29) is 0 Å². The summed E-state index contributed by atoms with van der Waals surface area (Å²) < 4.78 is 0. The SMILES string of the molecule is Cc1cccc(N2CCN(CCC(C)Nc3ccc(C#N)cn3)CC2)c1. The third-order valence-corrected chi connectivity index (χ3v) is 4.90. The van der Waals surface area contributed by atoms with E-state index in [9.17, 15) is 0 Å². The molecule has 0 bridgehead atoms. The lowest BCUT2D eigenvalue weighted by atomic mass is 10.1. The van der Waals surface area contributed by atoms with Crippen molar-refractivity contribution in [3.63, 3.8) is 0 Å². The van der Waals surface area contributed by atoms with Gasteiger partial charge < -0.3 is 10.2 Å². The zero-order chi connectivity index (χ0) is 18.4. The van der Waals surface area contributed by atoms with Crippen LogP contribution in [0, 0.1) is 18.3 Å². The molecule has 1 saturated heterocycles. The van der Waals surface area contributed by atoms with Gasteiger partial charge in [-0.2, -0.15) is 5.26 Å². The lowest BCUT2D eigenvalue weighted by Crippen LogP contribution is -2.47. The fraction of sp³-hybridized carbons (Fsp3) is 0.429. The summed E-state index contributed by atoms with van der Waals surface area (Å²) in [5.74, 6) is 0.834. The first-order valence-corrected chi connectivity index (χ1v) is 9.31. The second-order valence-corrected chi connectivity index (χ2v) is 7.05. The molecular formula is C21H27N5. The highest BCUT2D eigenvalue weighted by molar-refractivity contribution is 5.48. The number of piperazine rings is 1. The molecule has 1 unspecified atom stereocenters. The molecule has 1 aliphatic rings. The molecule has 1 N–H and O–H groups in total. The zero-order valence-corrected chi connectivity index (χ0v) is 15.7. The molecule has 3 rings (SSSR count). The Morgan fingerprint density at radius 2 is 2.00 bits per heavy atom. The van der Waals surface area contributed by atoms with Crippen molar-refractivity contribution in [1.82, 2.24) is 9.88 Å². The minimum atomic E-state index is 0.352. The van der Waals surface area contributed by atoms with Gasteiger partial charge in [-0.15, -0.1) is 0 Å². The number of nitrogens with zero attached hydrogens (tertiary/aromatic N) is 4. The molecule has 0 amide bonds. The molecule has 2 aromatic rings. The third kappa shape index (κ3) is 4.96. The van der Waals surface area contributed by atoms with Crippen LogP contribution < -0.4 is 10.2 Å². The largest absolute Gasteiger partial charge is 0.369 e. The molecule has 1 aliphatic heterocycles. The highest BCUT2D eigenvalue weighted by Crippen LogP contribution is 2.18. The summed E-state index contributed by atoms with van der Waals surface area (Å²) >= 11 is 0. The van der Waals surface area contributed by atoms with Gasteiger partial charge in [-0.25, -0.2) is 4.98 Å². The number of benzene rings is 1. The van der Waals surface area contributed by atoms with Crippen LogP contribution in [-0.2, 0) is 0 Å². The van der Waals surface area contributed by atoms with Gasteiger partial charge in [-0.3, -0.25) is 4.90 Å². The number of anilines is 2. The number of nitrogens with one attached hydrogen (secondary N) is 1. The Kier molecular flexibility index (Phi) is 6.08. The van der Waals surface area contributed by atoms with Gasteiger partial charge in [0.05, 0.1) is 5.56 Å². The van der Waals surface area contributed by atoms with E-state index in [0.717, 1.165) is 45.0 Å². The van der Waals surface area contributed by atoms with E-state index in [1.54, 1.807) is 12.3 Å². The van der Waals surface area contributed by atoms with Crippen molar-refractivity contribution in [1.29, 1.82) is 5.26 Å². The van der Waals surface area contributed by atoms with E-state index in [0.29, 0.717) is 11.6 Å². The maximum atomic E-state index is 8.82. The number of hydrogen-bond donors (Lipinski definition) is 1. The third-order valence-electron chi connectivity index (χ3n) is 4.90. The number of aryl methyl sites for hydroxylation is 1. The lowest BCUT2D eigenvalue weighted by Gasteiger charge is -2.36. The van der Waals surface area contributed by atoms with Crippen LogP contribution in [0.5, 0.6) is 0 Å². The molecule has 1 fully saturated rings. The van der Waals surface area contributed by atoms with Crippen molar-refractivity contribution in [2.45, 2.75) is 26.3 Å². The number of pyridine rings is 1. The zero-order valence-electron chi connectivity index (χ0n) is 15.7. The van der Waals surface area contributed by atoms with Crippen LogP contribution in [0.2, 0.25) is 0 Å². The summed E-state index contributed by atoms with van der Waals surface area (Å²) in [7, 11) is 0. The van der Waals surface area contributed by atoms with Crippen LogP contribution >= 0.6 is 0 Å². The first-order chi connectivity index (χ1) is 12.6. The molecule has 0 spiro atoms. The number of nitriles is 1. The minimum absolute atomic E-state index is 0.352. The maximum absolute atomic E-state index is 8.82. The van der Waals surface area contributed by atoms with Gasteiger partial charge in [-0.1, -0.05) is 12.1 Å². The minimum Gasteiger partial charge on any atom is -0.369 e. The van der Waals surface area contributed by atoms with Gasteiger partial charge >= 0.3 is 0 Å². The molecule has 1 atom stereocenters. The summed E-state index contributed by atoms with van der Waals surface area (Å²) in [5, 5.41) is 12.2. The predicted molar refractivity (Wildman–Crippen MR) is 106 cm³/mol. The summed E-state index contributed by atoms with van der Waals surface area (Å²) in [6, 6.07) is 14.9. The predicted octanol–water partition coefficient (Wildman–Crippen LogP) is 3.27. The summed E-state index contributed by atoms with van der Waals surface area (Å²) in [5.41, 5.74) is 3.25. The second kappa shape index (κ2) is 8.68. The second-order valence-electron chi connectivity index (χ2n) is 7.05. The summed E-state index contributed by atoms with van der Waals surface area (Å²) in [6.45, 7) is 9.81. The van der Waals surface area contributed by atoms with Crippen molar-refractivity contribution in [3.8, 4) is 6.07 Å². The van der Waals surface area contributed by atoms with Crippen LogP contribution in [0.3, 0.4) is 0 Å². The van der Waals surface area contributed by atoms with Gasteiger partial charge in [0.25, 0.3) is 0 Å². The smallest absolute Gasteiger partial charge is 0.126 e. The van der Waals surface area contributed by atoms with E-state index >= 15 is 0 Å². The lowest BCUT2D eigenvalue weighted by molar-refractivity contribution is 0.251. The monoisotopic (exact) mass is 349 g/mol. The Labute approximate surface area is 156 Å². The Morgan fingerprint density at radius 1 is 1.19 bits per heavy atom. The van der Waals surface area contributed by atoms with Crippen molar-refractivity contribution < 1.29 is 0 Å². The molecular weight excluding hydrogens is 322 g/mol. The molecule has 136 valence electrons. The molecule has 1 aromatic carbocycles. The van der Waals surface area contributed by atoms with Crippen LogP contribution in [0.15, 0.2) is 42.6 Å². The molecule has 1 aromatic heterocycles. The van der Waals surface area contributed by atoms with Gasteiger partial charge in [0, 0.05) is 50.6 Å². The highest BCUT2D eigenvalue weighted by Gasteiger charge is 2.17. The molecule has 26 heavy (non-hydrogen) atoms. The first-order valence-electron chi connectivity index (χ1n) is 9.31. The van der Waals surface area contributed by atoms with E-state index in [1.807, 2.05) is 6.07 Å².